The van der Waals surface area contributed by atoms with Crippen molar-refractivity contribution in [2.75, 3.05) is 20.2 Å². The van der Waals surface area contributed by atoms with Crippen LogP contribution in [0.25, 0.3) is 11.1 Å². The molecule has 8 heterocycles. The Bertz CT molecular complexity index is 4880. The molecule has 0 spiro atoms. The van der Waals surface area contributed by atoms with Crippen LogP contribution in [-0.2, 0) is 62.0 Å². The number of likely N-dealkylation sites (N-methyl/N-ethyl adjacent to an activating group) is 1. The number of carbonyl (C=O) groups is 8. The molecule has 13 bridgehead atoms. The van der Waals surface area contributed by atoms with E-state index in [0.717, 1.165) is 61.4 Å². The van der Waals surface area contributed by atoms with Gasteiger partial charge in [0, 0.05) is 53.2 Å². The molecule has 0 unspecified atom stereocenters. The maximum absolute atomic E-state index is 16.5. The zero-order valence-electron chi connectivity index (χ0n) is 67.4. The first-order valence-corrected chi connectivity index (χ1v) is 40.5. The molecule has 8 aliphatic heterocycles. The van der Waals surface area contributed by atoms with Gasteiger partial charge in [-0.15, -0.1) is 0 Å². The summed E-state index contributed by atoms with van der Waals surface area (Å²) in [5.74, 6) is -15.1. The highest BCUT2D eigenvalue weighted by molar-refractivity contribution is 6.32. The molecule has 36 nitrogen and oxygen atoms in total. The SMILES string of the molecule is CN[C@H](CC(C)C)C(=O)N[C@H]1C(=O)N[C@@H](CC(N)=O)C(=O)N[C@H]2C(=O)N[C@H]3C(=O)N[C@H](C(=O)N[C@H](C(=O)O)c4cc(O)cc(O)c4-c4cc3ccc4O)[C@H](O[C@H]3C[C@](C)(N)[C@@H](O)[C@H](C)O3)c3ccc(c(Cl)c3)Oc3cc2cc(c3O[C@@H]2O[C@H](CO)[C@@H](O)[C@H](O)[C@H]2O[C@H]2C[C@](C)(NCC3=CC[C@H]4C[C@@H]3C4(C)C)[C@@H](O)[C@H](C)O2)Oc2ccc(cc2Cl)[C@H]1O. The van der Waals surface area contributed by atoms with Gasteiger partial charge in [-0.25, -0.2) is 4.79 Å². The number of rotatable bonds is 18. The van der Waals surface area contributed by atoms with Crippen LogP contribution in [-0.4, -0.2) is 222 Å². The van der Waals surface area contributed by atoms with Gasteiger partial charge >= 0.3 is 5.97 Å². The Balaban J connectivity index is 1.03. The minimum Gasteiger partial charge on any atom is -0.508 e. The molecular formula is C83H102Cl2N10O26. The van der Waals surface area contributed by atoms with Crippen LogP contribution in [0.2, 0.25) is 10.0 Å². The molecule has 38 heteroatoms. The normalized spacial score (nSPS) is 33.0. The van der Waals surface area contributed by atoms with Crippen LogP contribution >= 0.6 is 23.2 Å². The highest BCUT2D eigenvalue weighted by Crippen LogP contribution is 2.59. The quantitative estimate of drug-likeness (QED) is 0.0561. The Labute approximate surface area is 704 Å². The van der Waals surface area contributed by atoms with E-state index in [0.29, 0.717) is 12.5 Å². The minimum atomic E-state index is -2.38. The highest BCUT2D eigenvalue weighted by atomic mass is 35.5. The van der Waals surface area contributed by atoms with Crippen molar-refractivity contribution in [1.29, 1.82) is 0 Å². The fourth-order valence-corrected chi connectivity index (χ4v) is 17.8. The molecular weight excluding hydrogens is 1620 g/mol. The van der Waals surface area contributed by atoms with Crippen LogP contribution in [0.4, 0.5) is 0 Å². The number of hydrogen-bond donors (Lipinski definition) is 20. The van der Waals surface area contributed by atoms with Crippen molar-refractivity contribution in [1.82, 2.24) is 42.5 Å². The molecule has 121 heavy (non-hydrogen) atoms. The molecule has 3 saturated heterocycles. The van der Waals surface area contributed by atoms with Gasteiger partial charge in [0.25, 0.3) is 0 Å². The lowest BCUT2D eigenvalue weighted by Gasteiger charge is -2.57. The first-order chi connectivity index (χ1) is 57.1. The molecule has 11 aliphatic rings. The van der Waals surface area contributed by atoms with E-state index < -0.39 is 255 Å². The molecule has 3 aliphatic carbocycles. The summed E-state index contributed by atoms with van der Waals surface area (Å²) in [4.78, 5) is 121. The second-order valence-electron chi connectivity index (χ2n) is 33.8. The van der Waals surface area contributed by atoms with Gasteiger partial charge in [-0.2, -0.15) is 0 Å². The van der Waals surface area contributed by atoms with Crippen molar-refractivity contribution < 1.29 is 127 Å². The summed E-state index contributed by atoms with van der Waals surface area (Å²) in [5, 5.41) is 138. The number of aromatic hydroxyl groups is 3. The van der Waals surface area contributed by atoms with Crippen molar-refractivity contribution in [3.05, 3.63) is 128 Å². The van der Waals surface area contributed by atoms with E-state index in [-0.39, 0.29) is 69.7 Å². The van der Waals surface area contributed by atoms with E-state index in [1.165, 1.54) is 56.8 Å². The van der Waals surface area contributed by atoms with E-state index in [1.807, 2.05) is 13.8 Å². The van der Waals surface area contributed by atoms with Gasteiger partial charge in [-0.1, -0.05) is 80.7 Å². The molecule has 16 rings (SSSR count). The summed E-state index contributed by atoms with van der Waals surface area (Å²) in [6.07, 6.45) is -18.3. The smallest absolute Gasteiger partial charge is 0.330 e. The van der Waals surface area contributed by atoms with Crippen molar-refractivity contribution >= 4 is 70.5 Å². The van der Waals surface area contributed by atoms with Crippen LogP contribution in [0.15, 0.2) is 90.5 Å². The number of aliphatic hydroxyl groups excluding tert-OH is 6. The van der Waals surface area contributed by atoms with E-state index in [1.54, 1.807) is 13.8 Å². The summed E-state index contributed by atoms with van der Waals surface area (Å²) in [7, 11) is 1.48. The van der Waals surface area contributed by atoms with Crippen molar-refractivity contribution in [3.8, 4) is 57.1 Å². The molecule has 0 radical (unpaired) electrons. The molecule has 5 aromatic carbocycles. The Kier molecular flexibility index (Phi) is 26.0. The number of carbonyl (C=O) groups excluding carboxylic acids is 7. The van der Waals surface area contributed by atoms with Gasteiger partial charge in [0.1, 0.15) is 89.5 Å². The second kappa shape index (κ2) is 35.3. The number of aliphatic hydroxyl groups is 6. The number of benzene rings is 5. The number of carboxylic acids is 1. The zero-order valence-corrected chi connectivity index (χ0v) is 68.9. The maximum Gasteiger partial charge on any atom is 0.330 e. The van der Waals surface area contributed by atoms with Gasteiger partial charge in [0.05, 0.1) is 53.5 Å². The molecule has 22 N–H and O–H groups in total. The van der Waals surface area contributed by atoms with Gasteiger partial charge in [-0.3, -0.25) is 33.6 Å². The van der Waals surface area contributed by atoms with Crippen molar-refractivity contribution in [3.63, 3.8) is 0 Å². The number of hydrogen-bond acceptors (Lipinski definition) is 28. The first kappa shape index (κ1) is 89.2. The predicted octanol–water partition coefficient (Wildman–Crippen LogP) is 2.97. The topological polar surface area (TPSA) is 561 Å². The zero-order chi connectivity index (χ0) is 87.7. The first-order valence-electron chi connectivity index (χ1n) is 39.8. The van der Waals surface area contributed by atoms with Crippen LogP contribution in [0.3, 0.4) is 0 Å². The number of halogens is 2. The maximum atomic E-state index is 16.5. The third-order valence-corrected chi connectivity index (χ3v) is 25.0. The van der Waals surface area contributed by atoms with Crippen LogP contribution in [0, 0.1) is 23.2 Å². The summed E-state index contributed by atoms with van der Waals surface area (Å²) < 4.78 is 53.0. The number of phenolic OH excluding ortho intramolecular Hbond substituents is 3. The molecule has 7 amide bonds. The second-order valence-corrected chi connectivity index (χ2v) is 34.7. The lowest BCUT2D eigenvalue weighted by Crippen LogP contribution is -2.66. The Morgan fingerprint density at radius 2 is 1.31 bits per heavy atom. The number of fused-ring (bicyclic) bond motifs is 16. The lowest BCUT2D eigenvalue weighted by atomic mass is 9.49. The highest BCUT2D eigenvalue weighted by Gasteiger charge is 2.55. The molecule has 0 aromatic heterocycles. The monoisotopic (exact) mass is 1720 g/mol. The minimum absolute atomic E-state index is 0.0556. The van der Waals surface area contributed by atoms with Crippen molar-refractivity contribution in [2.24, 2.45) is 34.6 Å². The van der Waals surface area contributed by atoms with Gasteiger partial charge in [0.2, 0.25) is 53.4 Å². The van der Waals surface area contributed by atoms with Gasteiger partial charge < -0.3 is 143 Å². The number of primary amides is 1. The standard InChI is InChI=1S/C83H102Cl2N10O26/c1-32(2)18-47(88-9)73(106)94-63-65(101)36-12-16-51(45(84)20-36)116-53-22-39-23-54(69(53)121-80-70(67(103)66(102)55(31-96)118-80)120-58-29-83(8,72(105)34(4)115-58)89-30-38-10-14-40-24-44(38)81(40,5)6)117-52-17-13-37(21-46(52)85)68(119-57-28-82(7,87)71(104)33(3)114-57)64-78(111)93-62(79(112)113)43-25-41(97)26-50(99)59(43)42-19-35(11-15-49(42)98)60(75(108)95-64)92-76(109)61(39)91-74(107)48(27-56(86)100)90-77(63)110/h10-13,15-17,19-23,25-26,32-34,40,44,47-48,55,57-58,60-68,70-72,80,88-89,96-99,101-105H,14,18,24,27-31,87H2,1-9H3,(H2,86,100)(H,90,110)(H,91,107)(H,92,109)(H,93,111)(H,94,106)(H,95,108)(H,112,113)/t33-,34-,40-,44-,47+,48-,55+,57-,58-,60+,61+,62-,63+,64-,65+,66+,67-,68+,70+,71-,72-,80-,82-,83-/m0/s1. The van der Waals surface area contributed by atoms with Crippen LogP contribution in [0.5, 0.6) is 46.0 Å². The van der Waals surface area contributed by atoms with E-state index >= 15 is 24.0 Å². The summed E-state index contributed by atoms with van der Waals surface area (Å²) in [6, 6.07) is -0.210. The number of nitrogens with two attached hydrogens (primary N) is 2. The number of phenols is 3. The number of allylic oxidation sites excluding steroid dienone is 1. The average molecular weight is 1730 g/mol. The summed E-state index contributed by atoms with van der Waals surface area (Å²) in [5.41, 5.74) is 8.37. The Morgan fingerprint density at radius 3 is 1.92 bits per heavy atom. The third-order valence-electron chi connectivity index (χ3n) is 24.4. The molecule has 654 valence electrons. The Hall–Kier alpha value is -9.58. The average Bonchev–Trinajstić information content (AvgIpc) is 0.735. The van der Waals surface area contributed by atoms with Crippen molar-refractivity contribution in [2.45, 2.75) is 227 Å². The number of nitrogens with one attached hydrogen (secondary N) is 8. The lowest BCUT2D eigenvalue weighted by molar-refractivity contribution is -0.334. The summed E-state index contributed by atoms with van der Waals surface area (Å²) in [6.45, 7) is 13.9. The van der Waals surface area contributed by atoms with Crippen LogP contribution in [0.1, 0.15) is 152 Å². The summed E-state index contributed by atoms with van der Waals surface area (Å²) >= 11 is 14.7. The number of carboxylic acid groups (broad SMARTS) is 1. The van der Waals surface area contributed by atoms with Gasteiger partial charge in [0.15, 0.2) is 36.2 Å². The number of aliphatic carboxylic acids is 1. The largest absolute Gasteiger partial charge is 0.508 e. The molecule has 1 saturated carbocycles. The van der Waals surface area contributed by atoms with E-state index in [4.69, 9.17) is 72.6 Å². The fourth-order valence-electron chi connectivity index (χ4n) is 17.4. The molecule has 24 atom stereocenters. The number of ether oxygens (including phenoxy) is 8. The molecule has 4 fully saturated rings. The van der Waals surface area contributed by atoms with Crippen LogP contribution < -0.4 is 68.2 Å². The van der Waals surface area contributed by atoms with Gasteiger partial charge in [-0.05, 0) is 154 Å². The predicted molar refractivity (Wildman–Crippen MR) is 428 cm³/mol. The fraction of sp³-hybridized carbons (Fsp3) is 0.518. The molecule has 5 aromatic rings. The third kappa shape index (κ3) is 18.3. The Morgan fingerprint density at radius 1 is 0.686 bits per heavy atom. The van der Waals surface area contributed by atoms with E-state index in [9.17, 15) is 65.4 Å². The number of amides is 7. The van der Waals surface area contributed by atoms with E-state index in [2.05, 4.69) is 62.5 Å².